The van der Waals surface area contributed by atoms with Crippen LogP contribution in [0.25, 0.3) is 5.69 Å². The molecule has 0 radical (unpaired) electrons. The van der Waals surface area contributed by atoms with E-state index in [9.17, 15) is 18.0 Å². The molecule has 0 aliphatic carbocycles. The molecule has 164 valence electrons. The fourth-order valence-corrected chi connectivity index (χ4v) is 3.82. The normalized spacial score (nSPS) is 12.6. The second kappa shape index (κ2) is 9.55. The van der Waals surface area contributed by atoms with Gasteiger partial charge in [0.15, 0.2) is 5.16 Å². The highest BCUT2D eigenvalue weighted by atomic mass is 32.2. The van der Waals surface area contributed by atoms with E-state index in [-0.39, 0.29) is 11.9 Å². The molecule has 1 N–H and O–H groups in total. The summed E-state index contributed by atoms with van der Waals surface area (Å²) < 4.78 is 40.9. The molecule has 5 nitrogen and oxygen atoms in total. The first-order chi connectivity index (χ1) is 14.7. The van der Waals surface area contributed by atoms with Crippen molar-refractivity contribution in [2.24, 2.45) is 0 Å². The van der Waals surface area contributed by atoms with Gasteiger partial charge in [-0.3, -0.25) is 9.36 Å². The Morgan fingerprint density at radius 1 is 1.16 bits per heavy atom. The summed E-state index contributed by atoms with van der Waals surface area (Å²) in [5.74, 6) is 0.914. The van der Waals surface area contributed by atoms with E-state index in [2.05, 4.69) is 15.5 Å². The van der Waals surface area contributed by atoms with Crippen LogP contribution in [0.4, 0.5) is 13.2 Å². The van der Waals surface area contributed by atoms with Crippen molar-refractivity contribution in [3.05, 3.63) is 71.0 Å². The van der Waals surface area contributed by atoms with Gasteiger partial charge in [0.2, 0.25) is 0 Å². The number of halogens is 3. The van der Waals surface area contributed by atoms with E-state index in [1.54, 1.807) is 29.7 Å². The zero-order valence-corrected chi connectivity index (χ0v) is 18.2. The number of nitrogens with one attached hydrogen (secondary N) is 1. The van der Waals surface area contributed by atoms with Gasteiger partial charge in [-0.05, 0) is 56.2 Å². The molecule has 1 heterocycles. The summed E-state index contributed by atoms with van der Waals surface area (Å²) in [5, 5.41) is 11.6. The van der Waals surface area contributed by atoms with Crippen molar-refractivity contribution in [1.82, 2.24) is 20.1 Å². The van der Waals surface area contributed by atoms with Crippen LogP contribution in [0.3, 0.4) is 0 Å². The molecule has 9 heteroatoms. The first kappa shape index (κ1) is 22.9. The summed E-state index contributed by atoms with van der Waals surface area (Å²) in [6.45, 7) is 5.65. The zero-order valence-electron chi connectivity index (χ0n) is 17.4. The smallest absolute Gasteiger partial charge is 0.350 e. The molecule has 0 saturated heterocycles. The first-order valence-corrected chi connectivity index (χ1v) is 10.8. The predicted molar refractivity (Wildman–Crippen MR) is 114 cm³/mol. The maximum Gasteiger partial charge on any atom is 0.416 e. The zero-order chi connectivity index (χ0) is 22.6. The third-order valence-electron chi connectivity index (χ3n) is 4.80. The highest BCUT2D eigenvalue weighted by Crippen LogP contribution is 2.32. The second-order valence-electron chi connectivity index (χ2n) is 7.18. The van der Waals surface area contributed by atoms with Gasteiger partial charge < -0.3 is 5.32 Å². The fraction of sp³-hybridized carbons (Fsp3) is 0.318. The van der Waals surface area contributed by atoms with E-state index in [0.29, 0.717) is 28.0 Å². The second-order valence-corrected chi connectivity index (χ2v) is 8.12. The lowest BCUT2D eigenvalue weighted by atomic mass is 10.1. The Hall–Kier alpha value is -2.81. The average molecular weight is 449 g/mol. The van der Waals surface area contributed by atoms with Gasteiger partial charge in [-0.25, -0.2) is 0 Å². The van der Waals surface area contributed by atoms with Crippen LogP contribution in [0.15, 0.2) is 53.7 Å². The molecule has 0 aliphatic heterocycles. The number of benzene rings is 2. The van der Waals surface area contributed by atoms with E-state index in [4.69, 9.17) is 0 Å². The number of alkyl halides is 3. The highest BCUT2D eigenvalue weighted by Gasteiger charge is 2.30. The maximum absolute atomic E-state index is 13.1. The monoisotopic (exact) mass is 448 g/mol. The third kappa shape index (κ3) is 5.66. The predicted octanol–water partition coefficient (Wildman–Crippen LogP) is 5.42. The average Bonchev–Trinajstić information content (AvgIpc) is 3.12. The quantitative estimate of drug-likeness (QED) is 0.491. The number of amides is 1. The molecule has 1 amide bonds. The topological polar surface area (TPSA) is 59.8 Å². The van der Waals surface area contributed by atoms with Gasteiger partial charge in [-0.2, -0.15) is 13.2 Å². The van der Waals surface area contributed by atoms with Gasteiger partial charge in [0.05, 0.1) is 5.56 Å². The Morgan fingerprint density at radius 2 is 1.87 bits per heavy atom. The Kier molecular flexibility index (Phi) is 7.04. The molecule has 0 spiro atoms. The summed E-state index contributed by atoms with van der Waals surface area (Å²) in [7, 11) is 0. The molecule has 0 fully saturated rings. The number of nitrogens with zero attached hydrogens (tertiary/aromatic N) is 3. The number of thioether (sulfide) groups is 1. The number of hydrogen-bond donors (Lipinski definition) is 1. The summed E-state index contributed by atoms with van der Waals surface area (Å²) in [4.78, 5) is 12.2. The van der Waals surface area contributed by atoms with Crippen LogP contribution in [-0.4, -0.2) is 26.7 Å². The Bertz CT molecular complexity index is 1050. The van der Waals surface area contributed by atoms with Crippen molar-refractivity contribution in [3.63, 3.8) is 0 Å². The molecular weight excluding hydrogens is 425 g/mol. The van der Waals surface area contributed by atoms with E-state index in [1.807, 2.05) is 26.0 Å². The number of hydrogen-bond acceptors (Lipinski definition) is 4. The molecular formula is C22H23F3N4OS. The van der Waals surface area contributed by atoms with E-state index in [0.717, 1.165) is 24.1 Å². The van der Waals surface area contributed by atoms with Crippen LogP contribution in [-0.2, 0) is 11.9 Å². The van der Waals surface area contributed by atoms with Crippen molar-refractivity contribution in [1.29, 1.82) is 0 Å². The minimum absolute atomic E-state index is 0.105. The lowest BCUT2D eigenvalue weighted by molar-refractivity contribution is -0.137. The number of aryl methyl sites for hydroxylation is 1. The molecule has 3 aromatic rings. The molecule has 2 aromatic carbocycles. The highest BCUT2D eigenvalue weighted by molar-refractivity contribution is 7.98. The van der Waals surface area contributed by atoms with Crippen LogP contribution in [0, 0.1) is 6.92 Å². The molecule has 0 saturated carbocycles. The Balaban J connectivity index is 1.74. The standard InChI is InChI=1S/C22H23F3N4OS/c1-4-14(2)26-20(30)17-10-8-16(9-11-17)13-31-21-28-27-15(3)29(21)19-7-5-6-18(12-19)22(23,24)25/h5-12,14H,4,13H2,1-3H3,(H,26,30). The van der Waals surface area contributed by atoms with Gasteiger partial charge in [0.25, 0.3) is 5.91 Å². The van der Waals surface area contributed by atoms with Crippen molar-refractivity contribution in [2.45, 2.75) is 50.3 Å². The minimum Gasteiger partial charge on any atom is -0.350 e. The van der Waals surface area contributed by atoms with Crippen molar-refractivity contribution in [3.8, 4) is 5.69 Å². The third-order valence-corrected chi connectivity index (χ3v) is 5.80. The maximum atomic E-state index is 13.1. The molecule has 1 unspecified atom stereocenters. The molecule has 0 bridgehead atoms. The van der Waals surface area contributed by atoms with Crippen LogP contribution in [0.2, 0.25) is 0 Å². The van der Waals surface area contributed by atoms with Gasteiger partial charge in [-0.15, -0.1) is 10.2 Å². The summed E-state index contributed by atoms with van der Waals surface area (Å²) >= 11 is 1.37. The minimum atomic E-state index is -4.42. The molecule has 1 atom stereocenters. The fourth-order valence-electron chi connectivity index (χ4n) is 2.86. The van der Waals surface area contributed by atoms with E-state index in [1.165, 1.54) is 17.8 Å². The lowest BCUT2D eigenvalue weighted by Gasteiger charge is -2.12. The van der Waals surface area contributed by atoms with Gasteiger partial charge in [-0.1, -0.05) is 36.9 Å². The Morgan fingerprint density at radius 3 is 2.52 bits per heavy atom. The van der Waals surface area contributed by atoms with E-state index >= 15 is 0 Å². The van der Waals surface area contributed by atoms with Crippen LogP contribution in [0.1, 0.15) is 47.6 Å². The number of aromatic nitrogens is 3. The lowest BCUT2D eigenvalue weighted by Crippen LogP contribution is -2.31. The first-order valence-electron chi connectivity index (χ1n) is 9.81. The molecule has 1 aromatic heterocycles. The Labute approximate surface area is 183 Å². The largest absolute Gasteiger partial charge is 0.416 e. The van der Waals surface area contributed by atoms with Crippen LogP contribution < -0.4 is 5.32 Å². The van der Waals surface area contributed by atoms with Crippen LogP contribution in [0.5, 0.6) is 0 Å². The summed E-state index contributed by atoms with van der Waals surface area (Å²) in [5.41, 5.74) is 1.18. The van der Waals surface area contributed by atoms with Gasteiger partial charge >= 0.3 is 6.18 Å². The van der Waals surface area contributed by atoms with Gasteiger partial charge in [0.1, 0.15) is 5.82 Å². The number of rotatable bonds is 7. The summed E-state index contributed by atoms with van der Waals surface area (Å²) in [6, 6.07) is 12.4. The van der Waals surface area contributed by atoms with Crippen molar-refractivity contribution in [2.75, 3.05) is 0 Å². The SMILES string of the molecule is CCC(C)NC(=O)c1ccc(CSc2nnc(C)n2-c2cccc(C(F)(F)F)c2)cc1. The number of carbonyl (C=O) groups excluding carboxylic acids is 1. The molecule has 0 aliphatic rings. The van der Waals surface area contributed by atoms with E-state index < -0.39 is 11.7 Å². The van der Waals surface area contributed by atoms with Crippen molar-refractivity contribution < 1.29 is 18.0 Å². The van der Waals surface area contributed by atoms with Crippen molar-refractivity contribution >= 4 is 17.7 Å². The molecule has 3 rings (SSSR count). The summed E-state index contributed by atoms with van der Waals surface area (Å²) in [6.07, 6.45) is -3.57. The molecule has 31 heavy (non-hydrogen) atoms. The van der Waals surface area contributed by atoms with Crippen LogP contribution >= 0.6 is 11.8 Å². The number of carbonyl (C=O) groups is 1. The van der Waals surface area contributed by atoms with Gasteiger partial charge in [0, 0.05) is 23.0 Å².